The van der Waals surface area contributed by atoms with Crippen molar-refractivity contribution in [1.82, 2.24) is 20.4 Å². The largest absolute Gasteiger partial charge is 0.347 e. The summed E-state index contributed by atoms with van der Waals surface area (Å²) < 4.78 is 2.63. The highest BCUT2D eigenvalue weighted by molar-refractivity contribution is 9.10. The van der Waals surface area contributed by atoms with Gasteiger partial charge < -0.3 is 10.6 Å². The van der Waals surface area contributed by atoms with Crippen molar-refractivity contribution in [3.8, 4) is 16.9 Å². The number of amides is 2. The van der Waals surface area contributed by atoms with E-state index in [1.165, 1.54) is 0 Å². The van der Waals surface area contributed by atoms with Gasteiger partial charge in [0.15, 0.2) is 0 Å². The highest BCUT2D eigenvalue weighted by Gasteiger charge is 2.18. The van der Waals surface area contributed by atoms with Crippen molar-refractivity contribution in [1.29, 1.82) is 0 Å². The van der Waals surface area contributed by atoms with Crippen molar-refractivity contribution >= 4 is 33.8 Å². The number of hydrogen-bond donors (Lipinski definition) is 2. The number of halogens is 1. The normalized spacial score (nSPS) is 11.2. The Kier molecular flexibility index (Phi) is 8.09. The van der Waals surface area contributed by atoms with E-state index in [0.29, 0.717) is 23.4 Å². The summed E-state index contributed by atoms with van der Waals surface area (Å²) in [6, 6.07) is 36.0. The average molecular weight is 577 g/mol. The van der Waals surface area contributed by atoms with Gasteiger partial charge >= 0.3 is 0 Å². The number of nitrogens with zero attached hydrogens (tertiary/aromatic N) is 2. The van der Waals surface area contributed by atoms with E-state index in [1.54, 1.807) is 35.0 Å². The summed E-state index contributed by atoms with van der Waals surface area (Å²) in [5.41, 5.74) is 4.64. The lowest BCUT2D eigenvalue weighted by molar-refractivity contribution is -0.117. The fourth-order valence-corrected chi connectivity index (χ4v) is 4.27. The van der Waals surface area contributed by atoms with Gasteiger partial charge in [-0.3, -0.25) is 9.59 Å². The Morgan fingerprint density at radius 3 is 2.08 bits per heavy atom. The zero-order chi connectivity index (χ0) is 27.0. The molecule has 7 heteroatoms. The van der Waals surface area contributed by atoms with Crippen molar-refractivity contribution < 1.29 is 9.59 Å². The van der Waals surface area contributed by atoms with Crippen LogP contribution >= 0.6 is 15.9 Å². The van der Waals surface area contributed by atoms with Crippen LogP contribution < -0.4 is 10.6 Å². The Morgan fingerprint density at radius 2 is 1.41 bits per heavy atom. The van der Waals surface area contributed by atoms with Crippen LogP contribution in [0.1, 0.15) is 21.5 Å². The molecule has 2 N–H and O–H groups in total. The summed E-state index contributed by atoms with van der Waals surface area (Å²) in [7, 11) is 0. The molecule has 0 saturated heterocycles. The second-order valence-electron chi connectivity index (χ2n) is 8.77. The Morgan fingerprint density at radius 1 is 0.795 bits per heavy atom. The smallest absolute Gasteiger partial charge is 0.268 e. The third kappa shape index (κ3) is 6.58. The van der Waals surface area contributed by atoms with Gasteiger partial charge in [0.2, 0.25) is 0 Å². The van der Waals surface area contributed by atoms with Gasteiger partial charge in [-0.15, -0.1) is 0 Å². The van der Waals surface area contributed by atoms with Crippen LogP contribution in [0.2, 0.25) is 0 Å². The Bertz CT molecular complexity index is 1600. The molecule has 0 radical (unpaired) electrons. The molecular weight excluding hydrogens is 552 g/mol. The predicted octanol–water partition coefficient (Wildman–Crippen LogP) is 6.39. The number of rotatable bonds is 8. The number of aromatic nitrogens is 2. The summed E-state index contributed by atoms with van der Waals surface area (Å²) in [6.07, 6.45) is 3.53. The second kappa shape index (κ2) is 12.2. The third-order valence-corrected chi connectivity index (χ3v) is 6.53. The standard InChI is InChI=1S/C32H25BrN4O2/c33-27-18-16-25(17-19-27)31(38)35-29(32(39)34-21-23-10-4-1-5-11-23)20-26-22-37(28-14-8-3-9-15-28)36-30(26)24-12-6-2-7-13-24/h1-20,22H,21H2,(H,34,39)(H,35,38)/b29-20-. The molecule has 5 aromatic rings. The molecule has 0 fully saturated rings. The topological polar surface area (TPSA) is 76.0 Å². The first-order valence-corrected chi connectivity index (χ1v) is 13.2. The van der Waals surface area contributed by atoms with Gasteiger partial charge in [0.25, 0.3) is 11.8 Å². The van der Waals surface area contributed by atoms with Gasteiger partial charge in [-0.25, -0.2) is 4.68 Å². The minimum atomic E-state index is -0.407. The van der Waals surface area contributed by atoms with Gasteiger partial charge in [0.1, 0.15) is 11.4 Å². The van der Waals surface area contributed by atoms with Gasteiger partial charge in [0.05, 0.1) is 5.69 Å². The molecule has 0 saturated carbocycles. The monoisotopic (exact) mass is 576 g/mol. The van der Waals surface area contributed by atoms with Crippen molar-refractivity contribution in [2.45, 2.75) is 6.54 Å². The van der Waals surface area contributed by atoms with Crippen LogP contribution in [0.5, 0.6) is 0 Å². The molecule has 6 nitrogen and oxygen atoms in total. The second-order valence-corrected chi connectivity index (χ2v) is 9.68. The fourth-order valence-electron chi connectivity index (χ4n) is 4.01. The lowest BCUT2D eigenvalue weighted by atomic mass is 10.1. The first-order valence-electron chi connectivity index (χ1n) is 12.4. The zero-order valence-electron chi connectivity index (χ0n) is 20.9. The van der Waals surface area contributed by atoms with Gasteiger partial charge in [-0.1, -0.05) is 94.8 Å². The van der Waals surface area contributed by atoms with Gasteiger partial charge in [0, 0.05) is 33.9 Å². The van der Waals surface area contributed by atoms with Crippen LogP contribution in [0, 0.1) is 0 Å². The maximum absolute atomic E-state index is 13.4. The average Bonchev–Trinajstić information content (AvgIpc) is 3.41. The third-order valence-electron chi connectivity index (χ3n) is 6.01. The molecule has 2 amide bonds. The van der Waals surface area contributed by atoms with Crippen molar-refractivity contribution in [3.05, 3.63) is 148 Å². The van der Waals surface area contributed by atoms with E-state index >= 15 is 0 Å². The molecule has 0 spiro atoms. The summed E-state index contributed by atoms with van der Waals surface area (Å²) in [4.78, 5) is 26.6. The number of benzene rings is 4. The van der Waals surface area contributed by atoms with Crippen LogP contribution in [0.3, 0.4) is 0 Å². The molecule has 0 aliphatic carbocycles. The highest BCUT2D eigenvalue weighted by atomic mass is 79.9. The summed E-state index contributed by atoms with van der Waals surface area (Å²) in [5.74, 6) is -0.795. The first kappa shape index (κ1) is 25.9. The molecule has 5 rings (SSSR count). The van der Waals surface area contributed by atoms with Gasteiger partial charge in [-0.2, -0.15) is 5.10 Å². The van der Waals surface area contributed by atoms with Crippen LogP contribution in [-0.2, 0) is 11.3 Å². The van der Waals surface area contributed by atoms with Gasteiger partial charge in [-0.05, 0) is 48.0 Å². The minimum Gasteiger partial charge on any atom is -0.347 e. The number of hydrogen-bond acceptors (Lipinski definition) is 3. The molecule has 0 unspecified atom stereocenters. The van der Waals surface area contributed by atoms with Crippen LogP contribution in [0.15, 0.2) is 132 Å². The minimum absolute atomic E-state index is 0.114. The van der Waals surface area contributed by atoms with E-state index in [-0.39, 0.29) is 11.6 Å². The lowest BCUT2D eigenvalue weighted by Gasteiger charge is -2.12. The van der Waals surface area contributed by atoms with E-state index in [4.69, 9.17) is 5.10 Å². The number of para-hydroxylation sites is 1. The van der Waals surface area contributed by atoms with E-state index < -0.39 is 5.91 Å². The van der Waals surface area contributed by atoms with E-state index in [9.17, 15) is 9.59 Å². The maximum atomic E-state index is 13.4. The number of carbonyl (C=O) groups excluding carboxylic acids is 2. The van der Waals surface area contributed by atoms with Crippen LogP contribution in [0.4, 0.5) is 0 Å². The molecule has 1 aromatic heterocycles. The quantitative estimate of drug-likeness (QED) is 0.210. The number of nitrogens with one attached hydrogen (secondary N) is 2. The fraction of sp³-hybridized carbons (Fsp3) is 0.0312. The molecule has 1 heterocycles. The zero-order valence-corrected chi connectivity index (χ0v) is 22.5. The summed E-state index contributed by atoms with van der Waals surface area (Å²) in [5, 5.41) is 10.6. The molecular formula is C32H25BrN4O2. The Hall–Kier alpha value is -4.75. The molecule has 0 aliphatic heterocycles. The van der Waals surface area contributed by atoms with Crippen molar-refractivity contribution in [2.24, 2.45) is 0 Å². The van der Waals surface area contributed by atoms with E-state index in [0.717, 1.165) is 21.3 Å². The van der Waals surface area contributed by atoms with Crippen LogP contribution in [-0.4, -0.2) is 21.6 Å². The Balaban J connectivity index is 1.54. The maximum Gasteiger partial charge on any atom is 0.268 e. The van der Waals surface area contributed by atoms with Crippen molar-refractivity contribution in [3.63, 3.8) is 0 Å². The highest BCUT2D eigenvalue weighted by Crippen LogP contribution is 2.25. The SMILES string of the molecule is O=C(NCc1ccccc1)/C(=C/c1cn(-c2ccccc2)nc1-c1ccccc1)NC(=O)c1ccc(Br)cc1. The molecule has 4 aromatic carbocycles. The lowest BCUT2D eigenvalue weighted by Crippen LogP contribution is -2.34. The van der Waals surface area contributed by atoms with Crippen LogP contribution in [0.25, 0.3) is 23.0 Å². The molecule has 192 valence electrons. The van der Waals surface area contributed by atoms with E-state index in [1.807, 2.05) is 97.2 Å². The summed E-state index contributed by atoms with van der Waals surface area (Å²) >= 11 is 3.39. The molecule has 0 atom stereocenters. The first-order chi connectivity index (χ1) is 19.1. The summed E-state index contributed by atoms with van der Waals surface area (Å²) in [6.45, 7) is 0.319. The molecule has 39 heavy (non-hydrogen) atoms. The number of carbonyl (C=O) groups is 2. The Labute approximate surface area is 235 Å². The molecule has 0 aliphatic rings. The molecule has 0 bridgehead atoms. The predicted molar refractivity (Wildman–Crippen MR) is 157 cm³/mol. The van der Waals surface area contributed by atoms with Crippen molar-refractivity contribution in [2.75, 3.05) is 0 Å². The van der Waals surface area contributed by atoms with E-state index in [2.05, 4.69) is 26.6 Å².